The summed E-state index contributed by atoms with van der Waals surface area (Å²) in [6, 6.07) is 8.94. The van der Waals surface area contributed by atoms with E-state index in [1.165, 1.54) is 0 Å². The van der Waals surface area contributed by atoms with Crippen molar-refractivity contribution in [2.24, 2.45) is 0 Å². The van der Waals surface area contributed by atoms with Crippen LogP contribution in [0.25, 0.3) is 0 Å². The molecule has 0 aliphatic rings. The fourth-order valence-electron chi connectivity index (χ4n) is 1.94. The van der Waals surface area contributed by atoms with Crippen LogP contribution in [0.5, 0.6) is 11.5 Å². The van der Waals surface area contributed by atoms with Gasteiger partial charge in [-0.25, -0.2) is 4.98 Å². The van der Waals surface area contributed by atoms with Gasteiger partial charge in [-0.2, -0.15) is 0 Å². The van der Waals surface area contributed by atoms with E-state index in [0.29, 0.717) is 23.7 Å². The Morgan fingerprint density at radius 2 is 1.91 bits per heavy atom. The fraction of sp³-hybridized carbons (Fsp3) is 0.176. The van der Waals surface area contributed by atoms with Crippen LogP contribution < -0.4 is 20.1 Å². The van der Waals surface area contributed by atoms with Gasteiger partial charge in [-0.05, 0) is 24.3 Å². The molecular formula is C17H19N3O3. The lowest BCUT2D eigenvalue weighted by atomic mass is 10.2. The van der Waals surface area contributed by atoms with Crippen LogP contribution in [0.4, 0.5) is 11.4 Å². The van der Waals surface area contributed by atoms with E-state index in [2.05, 4.69) is 22.2 Å². The first-order chi connectivity index (χ1) is 11.2. The topological polar surface area (TPSA) is 72.5 Å². The molecule has 2 rings (SSSR count). The van der Waals surface area contributed by atoms with E-state index in [-0.39, 0.29) is 5.91 Å². The minimum Gasteiger partial charge on any atom is -0.493 e. The second kappa shape index (κ2) is 7.84. The predicted octanol–water partition coefficient (Wildman–Crippen LogP) is 2.76. The third kappa shape index (κ3) is 4.23. The third-order valence-electron chi connectivity index (χ3n) is 3.08. The van der Waals surface area contributed by atoms with Gasteiger partial charge in [0.25, 0.3) is 5.91 Å². The number of ether oxygens (including phenoxy) is 2. The van der Waals surface area contributed by atoms with Crippen molar-refractivity contribution in [1.29, 1.82) is 0 Å². The van der Waals surface area contributed by atoms with Crippen molar-refractivity contribution in [2.45, 2.75) is 0 Å². The number of methoxy groups -OCH3 is 2. The van der Waals surface area contributed by atoms with Crippen LogP contribution in [0.15, 0.2) is 49.2 Å². The largest absolute Gasteiger partial charge is 0.493 e. The van der Waals surface area contributed by atoms with Crippen LogP contribution >= 0.6 is 0 Å². The zero-order chi connectivity index (χ0) is 16.7. The number of aromatic nitrogens is 1. The Balaban J connectivity index is 2.09. The van der Waals surface area contributed by atoms with Crippen LogP contribution in [0.3, 0.4) is 0 Å². The molecule has 0 aliphatic heterocycles. The van der Waals surface area contributed by atoms with Gasteiger partial charge in [-0.3, -0.25) is 4.79 Å². The standard InChI is InChI=1S/C17H19N3O3/c1-4-9-18-17(21)14-7-5-13(11-19-14)20-12-6-8-15(22-2)16(10-12)23-3/h4-8,10-11,20H,1,9H2,2-3H3,(H,18,21). The summed E-state index contributed by atoms with van der Waals surface area (Å²) in [5, 5.41) is 5.87. The second-order valence-corrected chi connectivity index (χ2v) is 4.63. The molecule has 0 bridgehead atoms. The fourth-order valence-corrected chi connectivity index (χ4v) is 1.94. The van der Waals surface area contributed by atoms with Gasteiger partial charge >= 0.3 is 0 Å². The molecule has 2 aromatic rings. The molecule has 1 aromatic heterocycles. The van der Waals surface area contributed by atoms with E-state index in [1.54, 1.807) is 38.6 Å². The van der Waals surface area contributed by atoms with E-state index >= 15 is 0 Å². The van der Waals surface area contributed by atoms with Crippen LogP contribution in [0.1, 0.15) is 10.5 Å². The van der Waals surface area contributed by atoms with Gasteiger partial charge in [0.05, 0.1) is 26.1 Å². The van der Waals surface area contributed by atoms with Crippen molar-refractivity contribution < 1.29 is 14.3 Å². The number of nitrogens with zero attached hydrogens (tertiary/aromatic N) is 1. The average molecular weight is 313 g/mol. The number of rotatable bonds is 7. The molecule has 0 saturated heterocycles. The quantitative estimate of drug-likeness (QED) is 0.769. The van der Waals surface area contributed by atoms with Gasteiger partial charge in [-0.1, -0.05) is 6.08 Å². The molecule has 0 unspecified atom stereocenters. The number of carbonyl (C=O) groups excluding carboxylic acids is 1. The number of anilines is 2. The number of benzene rings is 1. The zero-order valence-corrected chi connectivity index (χ0v) is 13.1. The number of hydrogen-bond acceptors (Lipinski definition) is 5. The number of hydrogen-bond donors (Lipinski definition) is 2. The maximum absolute atomic E-state index is 11.8. The summed E-state index contributed by atoms with van der Waals surface area (Å²) < 4.78 is 10.5. The summed E-state index contributed by atoms with van der Waals surface area (Å²) in [7, 11) is 3.17. The third-order valence-corrected chi connectivity index (χ3v) is 3.08. The van der Waals surface area contributed by atoms with Crippen LogP contribution in [-0.2, 0) is 0 Å². The number of carbonyl (C=O) groups is 1. The number of nitrogens with one attached hydrogen (secondary N) is 2. The highest BCUT2D eigenvalue weighted by Crippen LogP contribution is 2.30. The highest BCUT2D eigenvalue weighted by Gasteiger charge is 2.07. The van der Waals surface area contributed by atoms with E-state index < -0.39 is 0 Å². The SMILES string of the molecule is C=CCNC(=O)c1ccc(Nc2ccc(OC)c(OC)c2)cn1. The van der Waals surface area contributed by atoms with Crippen LogP contribution in [-0.4, -0.2) is 31.7 Å². The van der Waals surface area contributed by atoms with Gasteiger partial charge in [0.15, 0.2) is 11.5 Å². The lowest BCUT2D eigenvalue weighted by molar-refractivity contribution is 0.0953. The van der Waals surface area contributed by atoms with Crippen molar-refractivity contribution >= 4 is 17.3 Å². The van der Waals surface area contributed by atoms with Gasteiger partial charge < -0.3 is 20.1 Å². The molecule has 6 nitrogen and oxygen atoms in total. The minimum absolute atomic E-state index is 0.234. The first kappa shape index (κ1) is 16.4. The average Bonchev–Trinajstić information content (AvgIpc) is 2.60. The maximum atomic E-state index is 11.8. The molecule has 0 saturated carbocycles. The minimum atomic E-state index is -0.234. The lowest BCUT2D eigenvalue weighted by Gasteiger charge is -2.11. The Morgan fingerprint density at radius 3 is 2.52 bits per heavy atom. The Bertz CT molecular complexity index is 684. The summed E-state index contributed by atoms with van der Waals surface area (Å²) in [4.78, 5) is 15.9. The van der Waals surface area contributed by atoms with Gasteiger partial charge in [0.2, 0.25) is 0 Å². The molecule has 1 aromatic carbocycles. The van der Waals surface area contributed by atoms with Crippen molar-refractivity contribution in [1.82, 2.24) is 10.3 Å². The smallest absolute Gasteiger partial charge is 0.270 e. The molecular weight excluding hydrogens is 294 g/mol. The molecule has 0 spiro atoms. The molecule has 0 fully saturated rings. The normalized spacial score (nSPS) is 9.83. The maximum Gasteiger partial charge on any atom is 0.270 e. The lowest BCUT2D eigenvalue weighted by Crippen LogP contribution is -2.24. The van der Waals surface area contributed by atoms with E-state index in [4.69, 9.17) is 9.47 Å². The molecule has 2 N–H and O–H groups in total. The van der Waals surface area contributed by atoms with E-state index in [9.17, 15) is 4.79 Å². The van der Waals surface area contributed by atoms with Crippen LogP contribution in [0.2, 0.25) is 0 Å². The summed E-state index contributed by atoms with van der Waals surface area (Å²) in [5.41, 5.74) is 1.94. The molecule has 0 atom stereocenters. The van der Waals surface area contributed by atoms with Crippen molar-refractivity contribution in [2.75, 3.05) is 26.1 Å². The monoisotopic (exact) mass is 313 g/mol. The Morgan fingerprint density at radius 1 is 1.17 bits per heavy atom. The van der Waals surface area contributed by atoms with Crippen molar-refractivity contribution in [3.05, 3.63) is 54.9 Å². The summed E-state index contributed by atoms with van der Waals surface area (Å²) in [5.74, 6) is 1.05. The number of amides is 1. The van der Waals surface area contributed by atoms with Gasteiger partial charge in [0, 0.05) is 18.3 Å². The first-order valence-electron chi connectivity index (χ1n) is 7.02. The van der Waals surface area contributed by atoms with Crippen LogP contribution in [0, 0.1) is 0 Å². The zero-order valence-electron chi connectivity index (χ0n) is 13.1. The molecule has 1 heterocycles. The molecule has 23 heavy (non-hydrogen) atoms. The van der Waals surface area contributed by atoms with Gasteiger partial charge in [-0.15, -0.1) is 6.58 Å². The summed E-state index contributed by atoms with van der Waals surface area (Å²) >= 11 is 0. The molecule has 0 radical (unpaired) electrons. The Kier molecular flexibility index (Phi) is 5.57. The predicted molar refractivity (Wildman–Crippen MR) is 89.6 cm³/mol. The number of pyridine rings is 1. The highest BCUT2D eigenvalue weighted by atomic mass is 16.5. The molecule has 0 aliphatic carbocycles. The Hall–Kier alpha value is -3.02. The molecule has 1 amide bonds. The summed E-state index contributed by atoms with van der Waals surface area (Å²) in [6.45, 7) is 3.96. The molecule has 6 heteroatoms. The molecule has 120 valence electrons. The Labute approximate surface area is 135 Å². The second-order valence-electron chi connectivity index (χ2n) is 4.63. The summed E-state index contributed by atoms with van der Waals surface area (Å²) in [6.07, 6.45) is 3.21. The highest BCUT2D eigenvalue weighted by molar-refractivity contribution is 5.92. The van der Waals surface area contributed by atoms with Crippen molar-refractivity contribution in [3.63, 3.8) is 0 Å². The van der Waals surface area contributed by atoms with E-state index in [1.807, 2.05) is 18.2 Å². The first-order valence-corrected chi connectivity index (χ1v) is 7.02. The van der Waals surface area contributed by atoms with Gasteiger partial charge in [0.1, 0.15) is 5.69 Å². The van der Waals surface area contributed by atoms with E-state index in [0.717, 1.165) is 11.4 Å². The van der Waals surface area contributed by atoms with Crippen molar-refractivity contribution in [3.8, 4) is 11.5 Å².